The van der Waals surface area contributed by atoms with Gasteiger partial charge in [-0.05, 0) is 38.7 Å². The Bertz CT molecular complexity index is 449. The standard InChI is InChI=1S/C16H22O3/c1-4-19-16(12-6-7-12)14(17)10-13-9-11(2)5-8-15(13)18-3/h5,8-9,12,16H,4,6-7,10H2,1-3H3. The highest BCUT2D eigenvalue weighted by Gasteiger charge is 2.36. The van der Waals surface area contributed by atoms with Crippen molar-refractivity contribution >= 4 is 5.78 Å². The Morgan fingerprint density at radius 2 is 2.16 bits per heavy atom. The third kappa shape index (κ3) is 3.57. The molecule has 1 saturated carbocycles. The van der Waals surface area contributed by atoms with Crippen molar-refractivity contribution in [3.63, 3.8) is 0 Å². The Morgan fingerprint density at radius 3 is 2.74 bits per heavy atom. The minimum Gasteiger partial charge on any atom is -0.496 e. The van der Waals surface area contributed by atoms with Crippen LogP contribution in [0.4, 0.5) is 0 Å². The smallest absolute Gasteiger partial charge is 0.166 e. The molecule has 0 amide bonds. The van der Waals surface area contributed by atoms with Crippen molar-refractivity contribution in [1.29, 1.82) is 0 Å². The quantitative estimate of drug-likeness (QED) is 0.758. The molecule has 19 heavy (non-hydrogen) atoms. The van der Waals surface area contributed by atoms with Gasteiger partial charge in [0.1, 0.15) is 11.9 Å². The summed E-state index contributed by atoms with van der Waals surface area (Å²) in [4.78, 5) is 12.4. The van der Waals surface area contributed by atoms with Crippen LogP contribution in [0.2, 0.25) is 0 Å². The van der Waals surface area contributed by atoms with E-state index < -0.39 is 0 Å². The van der Waals surface area contributed by atoms with E-state index in [0.717, 1.165) is 29.7 Å². The molecule has 1 aliphatic rings. The molecular weight excluding hydrogens is 240 g/mol. The summed E-state index contributed by atoms with van der Waals surface area (Å²) in [5, 5.41) is 0. The number of rotatable bonds is 7. The average molecular weight is 262 g/mol. The molecule has 3 heteroatoms. The lowest BCUT2D eigenvalue weighted by molar-refractivity contribution is -0.130. The van der Waals surface area contributed by atoms with Crippen LogP contribution in [0.5, 0.6) is 5.75 Å². The third-order valence-corrected chi connectivity index (χ3v) is 3.51. The molecule has 0 radical (unpaired) electrons. The zero-order chi connectivity index (χ0) is 13.8. The number of carbonyl (C=O) groups is 1. The maximum atomic E-state index is 12.4. The second-order valence-electron chi connectivity index (χ2n) is 5.17. The molecule has 1 aliphatic carbocycles. The van der Waals surface area contributed by atoms with Crippen LogP contribution in [0.15, 0.2) is 18.2 Å². The van der Waals surface area contributed by atoms with E-state index in [9.17, 15) is 4.79 Å². The molecule has 0 saturated heterocycles. The number of hydrogen-bond donors (Lipinski definition) is 0. The minimum absolute atomic E-state index is 0.174. The molecule has 1 atom stereocenters. The van der Waals surface area contributed by atoms with Gasteiger partial charge in [0.15, 0.2) is 5.78 Å². The van der Waals surface area contributed by atoms with Crippen LogP contribution in [0.25, 0.3) is 0 Å². The fourth-order valence-corrected chi connectivity index (χ4v) is 2.40. The lowest BCUT2D eigenvalue weighted by atomic mass is 10.0. The van der Waals surface area contributed by atoms with E-state index in [1.165, 1.54) is 0 Å². The van der Waals surface area contributed by atoms with E-state index >= 15 is 0 Å². The minimum atomic E-state index is -0.227. The summed E-state index contributed by atoms with van der Waals surface area (Å²) < 4.78 is 10.9. The van der Waals surface area contributed by atoms with E-state index in [2.05, 4.69) is 0 Å². The van der Waals surface area contributed by atoms with Gasteiger partial charge >= 0.3 is 0 Å². The Labute approximate surface area is 114 Å². The Hall–Kier alpha value is -1.35. The molecule has 0 N–H and O–H groups in total. The van der Waals surface area contributed by atoms with Crippen molar-refractivity contribution in [1.82, 2.24) is 0 Å². The number of methoxy groups -OCH3 is 1. The van der Waals surface area contributed by atoms with E-state index in [0.29, 0.717) is 18.9 Å². The maximum Gasteiger partial charge on any atom is 0.166 e. The molecule has 0 aromatic heterocycles. The third-order valence-electron chi connectivity index (χ3n) is 3.51. The van der Waals surface area contributed by atoms with Crippen LogP contribution in [0.1, 0.15) is 30.9 Å². The Balaban J connectivity index is 2.10. The monoisotopic (exact) mass is 262 g/mol. The Kier molecular flexibility index (Phi) is 4.59. The number of ether oxygens (including phenoxy) is 2. The number of ketones is 1. The number of Topliss-reactive ketones (excluding diaryl/α,β-unsaturated/α-hetero) is 1. The first-order chi connectivity index (χ1) is 9.15. The molecule has 0 aliphatic heterocycles. The molecule has 1 aromatic rings. The van der Waals surface area contributed by atoms with Gasteiger partial charge in [-0.25, -0.2) is 0 Å². The Morgan fingerprint density at radius 1 is 1.42 bits per heavy atom. The molecule has 3 nitrogen and oxygen atoms in total. The van der Waals surface area contributed by atoms with Crippen LogP contribution in [-0.4, -0.2) is 25.6 Å². The largest absolute Gasteiger partial charge is 0.496 e. The van der Waals surface area contributed by atoms with Gasteiger partial charge in [-0.1, -0.05) is 17.7 Å². The van der Waals surface area contributed by atoms with Crippen molar-refractivity contribution in [2.45, 2.75) is 39.2 Å². The zero-order valence-corrected chi connectivity index (χ0v) is 11.9. The van der Waals surface area contributed by atoms with Gasteiger partial charge in [-0.3, -0.25) is 4.79 Å². The molecular formula is C16H22O3. The van der Waals surface area contributed by atoms with Gasteiger partial charge in [-0.15, -0.1) is 0 Å². The van der Waals surface area contributed by atoms with Gasteiger partial charge < -0.3 is 9.47 Å². The number of aryl methyl sites for hydroxylation is 1. The number of benzene rings is 1. The molecule has 1 unspecified atom stereocenters. The van der Waals surface area contributed by atoms with Crippen molar-refractivity contribution < 1.29 is 14.3 Å². The van der Waals surface area contributed by atoms with Crippen LogP contribution in [0, 0.1) is 12.8 Å². The van der Waals surface area contributed by atoms with Crippen LogP contribution < -0.4 is 4.74 Å². The summed E-state index contributed by atoms with van der Waals surface area (Å²) in [5.41, 5.74) is 2.10. The van der Waals surface area contributed by atoms with Gasteiger partial charge in [0.05, 0.1) is 7.11 Å². The van der Waals surface area contributed by atoms with Gasteiger partial charge in [0.2, 0.25) is 0 Å². The molecule has 0 spiro atoms. The summed E-state index contributed by atoms with van der Waals surface area (Å²) in [7, 11) is 1.64. The van der Waals surface area contributed by atoms with Crippen molar-refractivity contribution in [3.8, 4) is 5.75 Å². The van der Waals surface area contributed by atoms with Crippen LogP contribution in [-0.2, 0) is 16.0 Å². The molecule has 104 valence electrons. The fourth-order valence-electron chi connectivity index (χ4n) is 2.40. The summed E-state index contributed by atoms with van der Waals surface area (Å²) in [6.07, 6.45) is 2.39. The second kappa shape index (κ2) is 6.20. The predicted octanol–water partition coefficient (Wildman–Crippen LogP) is 2.93. The van der Waals surface area contributed by atoms with E-state index in [1.54, 1.807) is 7.11 Å². The summed E-state index contributed by atoms with van der Waals surface area (Å²) >= 11 is 0. The highest BCUT2D eigenvalue weighted by atomic mass is 16.5. The zero-order valence-electron chi connectivity index (χ0n) is 11.9. The van der Waals surface area contributed by atoms with Gasteiger partial charge in [0.25, 0.3) is 0 Å². The van der Waals surface area contributed by atoms with Crippen LogP contribution in [0.3, 0.4) is 0 Å². The number of hydrogen-bond acceptors (Lipinski definition) is 3. The highest BCUT2D eigenvalue weighted by molar-refractivity contribution is 5.86. The van der Waals surface area contributed by atoms with Gasteiger partial charge in [-0.2, -0.15) is 0 Å². The van der Waals surface area contributed by atoms with E-state index in [-0.39, 0.29) is 11.9 Å². The van der Waals surface area contributed by atoms with Crippen LogP contribution >= 0.6 is 0 Å². The first-order valence-electron chi connectivity index (χ1n) is 6.93. The lowest BCUT2D eigenvalue weighted by Crippen LogP contribution is -2.28. The first-order valence-corrected chi connectivity index (χ1v) is 6.93. The lowest BCUT2D eigenvalue weighted by Gasteiger charge is -2.16. The second-order valence-corrected chi connectivity index (χ2v) is 5.17. The summed E-state index contributed by atoms with van der Waals surface area (Å²) in [6, 6.07) is 5.94. The summed E-state index contributed by atoms with van der Waals surface area (Å²) in [6.45, 7) is 4.56. The molecule has 1 fully saturated rings. The van der Waals surface area contributed by atoms with E-state index in [1.807, 2.05) is 32.0 Å². The molecule has 0 bridgehead atoms. The fraction of sp³-hybridized carbons (Fsp3) is 0.562. The molecule has 0 heterocycles. The maximum absolute atomic E-state index is 12.4. The number of carbonyl (C=O) groups excluding carboxylic acids is 1. The van der Waals surface area contributed by atoms with Crippen molar-refractivity contribution in [3.05, 3.63) is 29.3 Å². The molecule has 1 aromatic carbocycles. The van der Waals surface area contributed by atoms with E-state index in [4.69, 9.17) is 9.47 Å². The normalized spacial score (nSPS) is 16.2. The van der Waals surface area contributed by atoms with Crippen molar-refractivity contribution in [2.75, 3.05) is 13.7 Å². The topological polar surface area (TPSA) is 35.5 Å². The first kappa shape index (κ1) is 14.1. The summed E-state index contributed by atoms with van der Waals surface area (Å²) in [5.74, 6) is 1.39. The highest BCUT2D eigenvalue weighted by Crippen LogP contribution is 2.35. The van der Waals surface area contributed by atoms with Crippen molar-refractivity contribution in [2.24, 2.45) is 5.92 Å². The average Bonchev–Trinajstić information content (AvgIpc) is 3.20. The predicted molar refractivity (Wildman–Crippen MR) is 74.6 cm³/mol. The SMILES string of the molecule is CCOC(C(=O)Cc1cc(C)ccc1OC)C1CC1. The molecule has 2 rings (SSSR count). The van der Waals surface area contributed by atoms with Gasteiger partial charge in [0, 0.05) is 18.6 Å².